The predicted molar refractivity (Wildman–Crippen MR) is 106 cm³/mol. The highest BCUT2D eigenvalue weighted by atomic mass is 35.5. The van der Waals surface area contributed by atoms with Crippen LogP contribution in [0.15, 0.2) is 30.5 Å². The Balaban J connectivity index is 1.51. The van der Waals surface area contributed by atoms with Gasteiger partial charge >= 0.3 is 6.36 Å². The topological polar surface area (TPSA) is 97.8 Å². The Morgan fingerprint density at radius 2 is 1.94 bits per heavy atom. The van der Waals surface area contributed by atoms with E-state index in [1.807, 2.05) is 0 Å². The summed E-state index contributed by atoms with van der Waals surface area (Å²) >= 11 is 5.75. The van der Waals surface area contributed by atoms with Crippen molar-refractivity contribution in [3.8, 4) is 17.4 Å². The second-order valence-electron chi connectivity index (χ2n) is 6.88. The standard InChI is InChI=1S/C19H22ClF3N4O4/c1-29-15-7-6-13(31-19(21,22)23)10-14(15)26-18(28)25-11-2-4-12(5-3-11)30-16-8-9-24-17(20)27-16/h6-12,18,25-26,28H,2-5H2,1H3. The van der Waals surface area contributed by atoms with Gasteiger partial charge in [-0.25, -0.2) is 4.98 Å². The van der Waals surface area contributed by atoms with Gasteiger partial charge < -0.3 is 24.6 Å². The monoisotopic (exact) mass is 462 g/mol. The number of aromatic nitrogens is 2. The number of methoxy groups -OCH3 is 1. The van der Waals surface area contributed by atoms with Crippen LogP contribution in [0.3, 0.4) is 0 Å². The maximum atomic E-state index is 12.5. The van der Waals surface area contributed by atoms with Crippen LogP contribution in [0.1, 0.15) is 25.7 Å². The van der Waals surface area contributed by atoms with Gasteiger partial charge in [0.1, 0.15) is 17.6 Å². The first-order valence-electron chi connectivity index (χ1n) is 9.51. The van der Waals surface area contributed by atoms with E-state index in [9.17, 15) is 18.3 Å². The van der Waals surface area contributed by atoms with Gasteiger partial charge in [-0.3, -0.25) is 5.32 Å². The zero-order chi connectivity index (χ0) is 22.4. The highest BCUT2D eigenvalue weighted by Crippen LogP contribution is 2.32. The molecule has 31 heavy (non-hydrogen) atoms. The molecule has 0 radical (unpaired) electrons. The summed E-state index contributed by atoms with van der Waals surface area (Å²) < 4.78 is 52.2. The van der Waals surface area contributed by atoms with Gasteiger partial charge in [0.25, 0.3) is 0 Å². The average molecular weight is 463 g/mol. The van der Waals surface area contributed by atoms with E-state index in [0.29, 0.717) is 5.88 Å². The second kappa shape index (κ2) is 10.2. The van der Waals surface area contributed by atoms with Gasteiger partial charge in [-0.2, -0.15) is 4.98 Å². The lowest BCUT2D eigenvalue weighted by atomic mass is 9.93. The van der Waals surface area contributed by atoms with E-state index in [1.54, 1.807) is 6.07 Å². The molecule has 1 fully saturated rings. The third kappa shape index (κ3) is 7.30. The third-order valence-corrected chi connectivity index (χ3v) is 4.83. The van der Waals surface area contributed by atoms with E-state index in [4.69, 9.17) is 21.1 Å². The summed E-state index contributed by atoms with van der Waals surface area (Å²) in [7, 11) is 1.37. The Morgan fingerprint density at radius 3 is 2.58 bits per heavy atom. The fraction of sp³-hybridized carbons (Fsp3) is 0.474. The molecule has 3 N–H and O–H groups in total. The molecule has 0 amide bonds. The van der Waals surface area contributed by atoms with Crippen LogP contribution in [0.2, 0.25) is 5.28 Å². The molecular formula is C19H22ClF3N4O4. The average Bonchev–Trinajstić information content (AvgIpc) is 2.68. The lowest BCUT2D eigenvalue weighted by Gasteiger charge is -2.31. The number of ether oxygens (including phenoxy) is 3. The van der Waals surface area contributed by atoms with Crippen LogP contribution in [0, 0.1) is 0 Å². The van der Waals surface area contributed by atoms with Gasteiger partial charge in [0.2, 0.25) is 11.2 Å². The molecule has 0 spiro atoms. The zero-order valence-corrected chi connectivity index (χ0v) is 17.3. The number of nitrogens with zero attached hydrogens (tertiary/aromatic N) is 2. The van der Waals surface area contributed by atoms with Crippen molar-refractivity contribution in [1.82, 2.24) is 15.3 Å². The summed E-state index contributed by atoms with van der Waals surface area (Å²) in [5, 5.41) is 16.1. The minimum absolute atomic E-state index is 0.0167. The molecule has 1 atom stereocenters. The Labute approximate surface area is 181 Å². The van der Waals surface area contributed by atoms with Gasteiger partial charge in [-0.1, -0.05) is 0 Å². The normalized spacial score (nSPS) is 20.1. The summed E-state index contributed by atoms with van der Waals surface area (Å²) in [4.78, 5) is 7.81. The van der Waals surface area contributed by atoms with E-state index >= 15 is 0 Å². The molecule has 3 rings (SSSR count). The van der Waals surface area contributed by atoms with Crippen LogP contribution in [0.4, 0.5) is 18.9 Å². The minimum Gasteiger partial charge on any atom is -0.495 e. The molecule has 1 aliphatic rings. The van der Waals surface area contributed by atoms with Crippen molar-refractivity contribution in [2.24, 2.45) is 0 Å². The van der Waals surface area contributed by atoms with Crippen molar-refractivity contribution in [3.05, 3.63) is 35.7 Å². The molecule has 8 nitrogen and oxygen atoms in total. The number of aliphatic hydroxyl groups excluding tert-OH is 1. The van der Waals surface area contributed by atoms with Crippen molar-refractivity contribution in [3.63, 3.8) is 0 Å². The van der Waals surface area contributed by atoms with Crippen LogP contribution in [0.5, 0.6) is 17.4 Å². The number of benzene rings is 1. The third-order valence-electron chi connectivity index (χ3n) is 4.65. The maximum Gasteiger partial charge on any atom is 0.573 e. The SMILES string of the molecule is COc1ccc(OC(F)(F)F)cc1NC(O)NC1CCC(Oc2ccnc(Cl)n2)CC1. The number of nitrogens with one attached hydrogen (secondary N) is 2. The molecule has 0 aliphatic heterocycles. The van der Waals surface area contributed by atoms with Gasteiger partial charge in [0.05, 0.1) is 12.8 Å². The molecule has 0 bridgehead atoms. The highest BCUT2D eigenvalue weighted by Gasteiger charge is 2.31. The minimum atomic E-state index is -4.82. The summed E-state index contributed by atoms with van der Waals surface area (Å²) in [5.41, 5.74) is 0.155. The van der Waals surface area contributed by atoms with E-state index in [2.05, 4.69) is 25.3 Å². The first-order valence-corrected chi connectivity index (χ1v) is 9.89. The van der Waals surface area contributed by atoms with E-state index in [1.165, 1.54) is 19.4 Å². The van der Waals surface area contributed by atoms with E-state index in [0.717, 1.165) is 37.8 Å². The fourth-order valence-electron chi connectivity index (χ4n) is 3.31. The van der Waals surface area contributed by atoms with Crippen molar-refractivity contribution in [2.75, 3.05) is 12.4 Å². The van der Waals surface area contributed by atoms with Crippen LogP contribution in [-0.2, 0) is 0 Å². The van der Waals surface area contributed by atoms with Crippen LogP contribution in [-0.4, -0.2) is 47.0 Å². The number of hydrogen-bond acceptors (Lipinski definition) is 8. The number of aliphatic hydroxyl groups is 1. The van der Waals surface area contributed by atoms with Crippen molar-refractivity contribution in [2.45, 2.75) is 50.5 Å². The number of anilines is 1. The van der Waals surface area contributed by atoms with Gasteiger partial charge in [-0.05, 0) is 49.4 Å². The summed E-state index contributed by atoms with van der Waals surface area (Å²) in [6.07, 6.45) is -1.66. The van der Waals surface area contributed by atoms with E-state index in [-0.39, 0.29) is 28.9 Å². The first-order chi connectivity index (χ1) is 14.7. The van der Waals surface area contributed by atoms with Crippen LogP contribution >= 0.6 is 11.6 Å². The molecule has 1 unspecified atom stereocenters. The van der Waals surface area contributed by atoms with Crippen molar-refractivity contribution in [1.29, 1.82) is 0 Å². The molecule has 170 valence electrons. The number of rotatable bonds is 8. The number of hydrogen-bond donors (Lipinski definition) is 3. The van der Waals surface area contributed by atoms with Crippen LogP contribution in [0.25, 0.3) is 0 Å². The highest BCUT2D eigenvalue weighted by molar-refractivity contribution is 6.28. The Bertz CT molecular complexity index is 866. The largest absolute Gasteiger partial charge is 0.573 e. The predicted octanol–water partition coefficient (Wildman–Crippen LogP) is 3.70. The molecule has 0 saturated heterocycles. The summed E-state index contributed by atoms with van der Waals surface area (Å²) in [6.45, 7) is 0. The molecular weight excluding hydrogens is 441 g/mol. The second-order valence-corrected chi connectivity index (χ2v) is 7.22. The lowest BCUT2D eigenvalue weighted by Crippen LogP contribution is -2.45. The van der Waals surface area contributed by atoms with Gasteiger partial charge in [-0.15, -0.1) is 13.2 Å². The first kappa shape index (κ1) is 23.2. The van der Waals surface area contributed by atoms with Crippen molar-refractivity contribution >= 4 is 17.3 Å². The lowest BCUT2D eigenvalue weighted by molar-refractivity contribution is -0.274. The molecule has 1 saturated carbocycles. The van der Waals surface area contributed by atoms with Gasteiger partial charge in [0, 0.05) is 24.4 Å². The molecule has 12 heteroatoms. The Kier molecular flexibility index (Phi) is 7.63. The van der Waals surface area contributed by atoms with Crippen molar-refractivity contribution < 1.29 is 32.5 Å². The zero-order valence-electron chi connectivity index (χ0n) is 16.5. The van der Waals surface area contributed by atoms with E-state index < -0.39 is 18.5 Å². The maximum absolute atomic E-state index is 12.5. The fourth-order valence-corrected chi connectivity index (χ4v) is 3.45. The molecule has 1 aromatic carbocycles. The molecule has 1 aromatic heterocycles. The molecule has 1 heterocycles. The van der Waals surface area contributed by atoms with Crippen LogP contribution < -0.4 is 24.8 Å². The Hall–Kier alpha value is -2.50. The number of halogens is 4. The quantitative estimate of drug-likeness (QED) is 0.403. The molecule has 2 aromatic rings. The summed E-state index contributed by atoms with van der Waals surface area (Å²) in [6, 6.07) is 5.17. The smallest absolute Gasteiger partial charge is 0.495 e. The summed E-state index contributed by atoms with van der Waals surface area (Å²) in [5.74, 6) is 0.243. The Morgan fingerprint density at radius 1 is 1.19 bits per heavy atom. The number of alkyl halides is 3. The van der Waals surface area contributed by atoms with Gasteiger partial charge in [0.15, 0.2) is 6.35 Å². The molecule has 1 aliphatic carbocycles.